The van der Waals surface area contributed by atoms with E-state index in [1.807, 2.05) is 0 Å². The van der Waals surface area contributed by atoms with Gasteiger partial charge >= 0.3 is 0 Å². The summed E-state index contributed by atoms with van der Waals surface area (Å²) in [6.07, 6.45) is 0. The number of fused-ring (bicyclic) bond motifs is 11. The van der Waals surface area contributed by atoms with Crippen molar-refractivity contribution in [1.82, 2.24) is 14.5 Å². The first-order valence-electron chi connectivity index (χ1n) is 16.9. The van der Waals surface area contributed by atoms with Crippen LogP contribution in [0.5, 0.6) is 0 Å². The molecule has 3 aromatic heterocycles. The van der Waals surface area contributed by atoms with E-state index in [0.717, 1.165) is 32.5 Å². The maximum Gasteiger partial charge on any atom is 0.236 e. The molecular formula is C46H27N3S. The van der Waals surface area contributed by atoms with Crippen LogP contribution < -0.4 is 0 Å². The van der Waals surface area contributed by atoms with Gasteiger partial charge in [-0.1, -0.05) is 133 Å². The Hall–Kier alpha value is -6.36. The molecule has 232 valence electrons. The standard InChI is InChI=1S/C46H27N3S/c1-2-13-31(14-3-1)44-43-37-27-34(33-19-18-28-10-4-5-15-32(28)26-33)22-25-40(37)50-45(43)48-46(47-44)49-38-23-20-29-11-6-8-16-35(29)41(38)42-36-17-9-7-12-30(36)21-24-39(42)49/h1-27H. The Morgan fingerprint density at radius 3 is 1.70 bits per heavy atom. The van der Waals surface area contributed by atoms with Crippen LogP contribution in [0.3, 0.4) is 0 Å². The number of hydrogen-bond acceptors (Lipinski definition) is 3. The maximum absolute atomic E-state index is 5.50. The van der Waals surface area contributed by atoms with Crippen LogP contribution in [0.15, 0.2) is 164 Å². The van der Waals surface area contributed by atoms with E-state index in [2.05, 4.69) is 168 Å². The predicted octanol–water partition coefficient (Wildman–Crippen LogP) is 12.7. The molecule has 0 fully saturated rings. The summed E-state index contributed by atoms with van der Waals surface area (Å²) in [6, 6.07) is 58.9. The monoisotopic (exact) mass is 653 g/mol. The van der Waals surface area contributed by atoms with E-state index in [4.69, 9.17) is 9.97 Å². The van der Waals surface area contributed by atoms with E-state index in [1.54, 1.807) is 11.3 Å². The Kier molecular flexibility index (Phi) is 5.83. The molecule has 0 aliphatic carbocycles. The molecule has 0 spiro atoms. The average Bonchev–Trinajstić information content (AvgIpc) is 3.73. The van der Waals surface area contributed by atoms with Crippen LogP contribution in [0.1, 0.15) is 0 Å². The SMILES string of the molecule is c1ccc(-c2nc(-n3c4ccc5ccccc5c4c4c5ccccc5ccc43)nc3sc4ccc(-c5ccc6ccccc6c5)cc4c23)cc1. The second kappa shape index (κ2) is 10.6. The molecule has 11 rings (SSSR count). The molecule has 0 aliphatic rings. The van der Waals surface area contributed by atoms with Crippen molar-refractivity contribution in [2.75, 3.05) is 0 Å². The zero-order valence-corrected chi connectivity index (χ0v) is 27.7. The lowest BCUT2D eigenvalue weighted by Crippen LogP contribution is -2.02. The Labute approximate surface area is 291 Å². The summed E-state index contributed by atoms with van der Waals surface area (Å²) in [5.41, 5.74) is 6.62. The van der Waals surface area contributed by atoms with Gasteiger partial charge in [-0.2, -0.15) is 0 Å². The lowest BCUT2D eigenvalue weighted by atomic mass is 9.99. The van der Waals surface area contributed by atoms with Crippen LogP contribution in [-0.4, -0.2) is 14.5 Å². The molecule has 0 saturated heterocycles. The molecule has 8 aromatic carbocycles. The molecule has 0 aliphatic heterocycles. The van der Waals surface area contributed by atoms with E-state index >= 15 is 0 Å². The molecule has 0 unspecified atom stereocenters. The first-order chi connectivity index (χ1) is 24.8. The third-order valence-corrected chi connectivity index (χ3v) is 11.3. The highest BCUT2D eigenvalue weighted by atomic mass is 32.1. The molecule has 0 N–H and O–H groups in total. The average molecular weight is 654 g/mol. The second-order valence-corrected chi connectivity index (χ2v) is 14.0. The molecule has 3 heterocycles. The first-order valence-corrected chi connectivity index (χ1v) is 17.7. The summed E-state index contributed by atoms with van der Waals surface area (Å²) >= 11 is 1.74. The molecule has 0 bridgehead atoms. The fraction of sp³-hybridized carbons (Fsp3) is 0. The third-order valence-electron chi connectivity index (χ3n) is 10.2. The van der Waals surface area contributed by atoms with E-state index < -0.39 is 0 Å². The van der Waals surface area contributed by atoms with Gasteiger partial charge in [0.15, 0.2) is 0 Å². The molecule has 0 radical (unpaired) electrons. The van der Waals surface area contributed by atoms with Crippen molar-refractivity contribution in [3.8, 4) is 28.3 Å². The minimum atomic E-state index is 0.684. The Morgan fingerprint density at radius 1 is 0.400 bits per heavy atom. The van der Waals surface area contributed by atoms with Crippen molar-refractivity contribution < 1.29 is 0 Å². The van der Waals surface area contributed by atoms with Crippen LogP contribution in [0.4, 0.5) is 0 Å². The van der Waals surface area contributed by atoms with Gasteiger partial charge in [-0.05, 0) is 73.8 Å². The largest absolute Gasteiger partial charge is 0.278 e. The summed E-state index contributed by atoms with van der Waals surface area (Å²) in [6.45, 7) is 0. The van der Waals surface area contributed by atoms with Crippen molar-refractivity contribution in [3.05, 3.63) is 164 Å². The summed E-state index contributed by atoms with van der Waals surface area (Å²) in [4.78, 5) is 11.9. The lowest BCUT2D eigenvalue weighted by molar-refractivity contribution is 1.02. The maximum atomic E-state index is 5.50. The van der Waals surface area contributed by atoms with Gasteiger partial charge in [0.2, 0.25) is 5.95 Å². The quantitative estimate of drug-likeness (QED) is 0.190. The highest BCUT2D eigenvalue weighted by Gasteiger charge is 2.22. The Morgan fingerprint density at radius 2 is 0.980 bits per heavy atom. The molecule has 0 amide bonds. The Balaban J connectivity index is 1.23. The number of nitrogens with zero attached hydrogens (tertiary/aromatic N) is 3. The number of rotatable bonds is 3. The van der Waals surface area contributed by atoms with Gasteiger partial charge in [0.25, 0.3) is 0 Å². The minimum Gasteiger partial charge on any atom is -0.278 e. The summed E-state index contributed by atoms with van der Waals surface area (Å²) in [5, 5.41) is 12.1. The van der Waals surface area contributed by atoms with Crippen molar-refractivity contribution in [2.45, 2.75) is 0 Å². The van der Waals surface area contributed by atoms with E-state index in [0.29, 0.717) is 5.95 Å². The van der Waals surface area contributed by atoms with Crippen molar-refractivity contribution in [1.29, 1.82) is 0 Å². The fourth-order valence-corrected chi connectivity index (χ4v) is 8.93. The highest BCUT2D eigenvalue weighted by Crippen LogP contribution is 2.43. The summed E-state index contributed by atoms with van der Waals surface area (Å²) < 4.78 is 3.48. The zero-order chi connectivity index (χ0) is 32.8. The minimum absolute atomic E-state index is 0.684. The van der Waals surface area contributed by atoms with E-state index in [9.17, 15) is 0 Å². The molecule has 11 aromatic rings. The van der Waals surface area contributed by atoms with Gasteiger partial charge < -0.3 is 0 Å². The molecule has 3 nitrogen and oxygen atoms in total. The predicted molar refractivity (Wildman–Crippen MR) is 213 cm³/mol. The van der Waals surface area contributed by atoms with Crippen LogP contribution in [0, 0.1) is 0 Å². The van der Waals surface area contributed by atoms with Gasteiger partial charge in [0.1, 0.15) is 4.83 Å². The number of aromatic nitrogens is 3. The van der Waals surface area contributed by atoms with Crippen LogP contribution in [0.2, 0.25) is 0 Å². The van der Waals surface area contributed by atoms with Gasteiger partial charge in [-0.25, -0.2) is 9.97 Å². The van der Waals surface area contributed by atoms with Crippen LogP contribution in [-0.2, 0) is 0 Å². The van der Waals surface area contributed by atoms with Gasteiger partial charge in [0, 0.05) is 31.8 Å². The van der Waals surface area contributed by atoms with Crippen molar-refractivity contribution in [2.24, 2.45) is 0 Å². The molecule has 4 heteroatoms. The summed E-state index contributed by atoms with van der Waals surface area (Å²) in [7, 11) is 0. The number of hydrogen-bond donors (Lipinski definition) is 0. The fourth-order valence-electron chi connectivity index (χ4n) is 7.88. The van der Waals surface area contributed by atoms with Gasteiger partial charge in [-0.3, -0.25) is 4.57 Å². The van der Waals surface area contributed by atoms with E-state index in [-0.39, 0.29) is 0 Å². The topological polar surface area (TPSA) is 30.7 Å². The molecule has 0 atom stereocenters. The van der Waals surface area contributed by atoms with Crippen LogP contribution >= 0.6 is 11.3 Å². The Bertz CT molecular complexity index is 3060. The first kappa shape index (κ1) is 27.6. The lowest BCUT2D eigenvalue weighted by Gasteiger charge is -2.11. The van der Waals surface area contributed by atoms with Crippen molar-refractivity contribution >= 4 is 85.8 Å². The second-order valence-electron chi connectivity index (χ2n) is 13.0. The summed E-state index contributed by atoms with van der Waals surface area (Å²) in [5.74, 6) is 0.684. The zero-order valence-electron chi connectivity index (χ0n) is 26.8. The normalized spacial score (nSPS) is 12.0. The van der Waals surface area contributed by atoms with E-state index in [1.165, 1.54) is 64.3 Å². The highest BCUT2D eigenvalue weighted by molar-refractivity contribution is 7.25. The molecular weight excluding hydrogens is 627 g/mol. The molecule has 50 heavy (non-hydrogen) atoms. The van der Waals surface area contributed by atoms with Gasteiger partial charge in [0.05, 0.1) is 16.7 Å². The van der Waals surface area contributed by atoms with Crippen molar-refractivity contribution in [3.63, 3.8) is 0 Å². The van der Waals surface area contributed by atoms with Crippen LogP contribution in [0.25, 0.3) is 103 Å². The molecule has 0 saturated carbocycles. The van der Waals surface area contributed by atoms with Gasteiger partial charge in [-0.15, -0.1) is 11.3 Å². The smallest absolute Gasteiger partial charge is 0.236 e. The number of benzene rings is 8. The number of thiophene rings is 1. The third kappa shape index (κ3) is 4.03.